The number of alkyl halides is 3. The molecule has 1 saturated heterocycles. The highest BCUT2D eigenvalue weighted by Crippen LogP contribution is 2.33. The van der Waals surface area contributed by atoms with Crippen molar-refractivity contribution in [2.45, 2.75) is 26.4 Å². The van der Waals surface area contributed by atoms with Gasteiger partial charge in [0.2, 0.25) is 5.91 Å². The molecule has 0 aliphatic carbocycles. The molecule has 2 aromatic rings. The van der Waals surface area contributed by atoms with E-state index >= 15 is 0 Å². The molecule has 0 bridgehead atoms. The van der Waals surface area contributed by atoms with Gasteiger partial charge in [0.15, 0.2) is 0 Å². The summed E-state index contributed by atoms with van der Waals surface area (Å²) in [5.74, 6) is -1.34. The first-order chi connectivity index (χ1) is 11.7. The topological polar surface area (TPSA) is 55.2 Å². The van der Waals surface area contributed by atoms with Gasteiger partial charge in [-0.25, -0.2) is 4.68 Å². The largest absolute Gasteiger partial charge is 0.416 e. The Bertz CT molecular complexity index is 842. The summed E-state index contributed by atoms with van der Waals surface area (Å²) in [6.45, 7) is 3.53. The number of nitrogens with zero attached hydrogens (tertiary/aromatic N) is 3. The lowest BCUT2D eigenvalue weighted by Gasteiger charge is -2.18. The van der Waals surface area contributed by atoms with E-state index in [-0.39, 0.29) is 30.5 Å². The molecule has 132 valence electrons. The lowest BCUT2D eigenvalue weighted by atomic mass is 10.1. The van der Waals surface area contributed by atoms with Crippen molar-refractivity contribution < 1.29 is 22.8 Å². The maximum atomic E-state index is 12.9. The summed E-state index contributed by atoms with van der Waals surface area (Å²) in [5, 5.41) is 4.11. The Hall–Kier alpha value is -2.64. The summed E-state index contributed by atoms with van der Waals surface area (Å²) in [6.07, 6.45) is -4.54. The van der Waals surface area contributed by atoms with Gasteiger partial charge < -0.3 is 4.90 Å². The summed E-state index contributed by atoms with van der Waals surface area (Å²) >= 11 is 0. The van der Waals surface area contributed by atoms with E-state index in [0.717, 1.165) is 12.1 Å². The number of carbonyl (C=O) groups is 2. The van der Waals surface area contributed by atoms with Gasteiger partial charge in [-0.1, -0.05) is 6.07 Å². The number of benzene rings is 1. The van der Waals surface area contributed by atoms with Crippen LogP contribution in [-0.2, 0) is 11.0 Å². The fourth-order valence-corrected chi connectivity index (χ4v) is 3.00. The van der Waals surface area contributed by atoms with Crippen LogP contribution in [0.25, 0.3) is 0 Å². The molecular weight excluding hydrogens is 335 g/mol. The zero-order valence-corrected chi connectivity index (χ0v) is 13.7. The summed E-state index contributed by atoms with van der Waals surface area (Å²) in [6, 6.07) is 6.31. The molecule has 3 rings (SSSR count). The molecule has 1 aromatic heterocycles. The van der Waals surface area contributed by atoms with Gasteiger partial charge in [0.05, 0.1) is 17.2 Å². The van der Waals surface area contributed by atoms with Crippen molar-refractivity contribution in [3.05, 3.63) is 47.3 Å². The number of carbonyl (C=O) groups excluding carboxylic acids is 2. The number of anilines is 1. The predicted octanol–water partition coefficient (Wildman–Crippen LogP) is 3.21. The standard InChI is InChI=1S/C17H16F3N3O2/c1-10-6-11(2)23(21-10)16(25)12-7-15(24)22(9-12)14-5-3-4-13(8-14)17(18,19)20/h3-6,8,12H,7,9H2,1-2H3. The van der Waals surface area contributed by atoms with Crippen LogP contribution in [0.4, 0.5) is 18.9 Å². The zero-order valence-electron chi connectivity index (χ0n) is 13.7. The maximum Gasteiger partial charge on any atom is 0.416 e. The van der Waals surface area contributed by atoms with E-state index < -0.39 is 17.7 Å². The molecule has 1 amide bonds. The Labute approximate surface area is 142 Å². The molecule has 0 saturated carbocycles. The molecule has 1 atom stereocenters. The summed E-state index contributed by atoms with van der Waals surface area (Å²) in [5.41, 5.74) is 0.659. The molecular formula is C17H16F3N3O2. The molecule has 1 unspecified atom stereocenters. The average Bonchev–Trinajstić information content (AvgIpc) is 3.08. The van der Waals surface area contributed by atoms with Crippen molar-refractivity contribution in [3.63, 3.8) is 0 Å². The number of hydrogen-bond donors (Lipinski definition) is 0. The van der Waals surface area contributed by atoms with E-state index in [1.165, 1.54) is 21.7 Å². The number of halogens is 3. The molecule has 0 spiro atoms. The molecule has 8 heteroatoms. The van der Waals surface area contributed by atoms with Gasteiger partial charge in [0, 0.05) is 24.3 Å². The van der Waals surface area contributed by atoms with Crippen LogP contribution in [0.3, 0.4) is 0 Å². The molecule has 1 aromatic carbocycles. The van der Waals surface area contributed by atoms with E-state index in [9.17, 15) is 22.8 Å². The smallest absolute Gasteiger partial charge is 0.312 e. The van der Waals surface area contributed by atoms with E-state index in [4.69, 9.17) is 0 Å². The summed E-state index contributed by atoms with van der Waals surface area (Å²) < 4.78 is 39.8. The van der Waals surface area contributed by atoms with Crippen LogP contribution in [0.1, 0.15) is 28.2 Å². The van der Waals surface area contributed by atoms with Crippen LogP contribution in [0.5, 0.6) is 0 Å². The lowest BCUT2D eigenvalue weighted by molar-refractivity contribution is -0.137. The molecule has 0 radical (unpaired) electrons. The highest BCUT2D eigenvalue weighted by Gasteiger charge is 2.38. The second kappa shape index (κ2) is 6.02. The minimum absolute atomic E-state index is 0.0390. The van der Waals surface area contributed by atoms with Crippen molar-refractivity contribution in [2.75, 3.05) is 11.4 Å². The SMILES string of the molecule is Cc1cc(C)n(C(=O)C2CC(=O)N(c3cccc(C(F)(F)F)c3)C2)n1. The van der Waals surface area contributed by atoms with Crippen molar-refractivity contribution in [1.82, 2.24) is 9.78 Å². The summed E-state index contributed by atoms with van der Waals surface area (Å²) in [4.78, 5) is 26.0. The number of amides is 1. The monoisotopic (exact) mass is 351 g/mol. The molecule has 25 heavy (non-hydrogen) atoms. The molecule has 2 heterocycles. The minimum atomic E-state index is -4.49. The van der Waals surface area contributed by atoms with Gasteiger partial charge in [-0.3, -0.25) is 9.59 Å². The maximum absolute atomic E-state index is 12.9. The predicted molar refractivity (Wildman–Crippen MR) is 84.2 cm³/mol. The second-order valence-electron chi connectivity index (χ2n) is 6.13. The van der Waals surface area contributed by atoms with Crippen LogP contribution in [-0.4, -0.2) is 28.1 Å². The lowest BCUT2D eigenvalue weighted by Crippen LogP contribution is -2.28. The van der Waals surface area contributed by atoms with Gasteiger partial charge in [-0.2, -0.15) is 18.3 Å². The first-order valence-electron chi connectivity index (χ1n) is 7.72. The molecule has 1 aliphatic heterocycles. The third-order valence-electron chi connectivity index (χ3n) is 4.18. The summed E-state index contributed by atoms with van der Waals surface area (Å²) in [7, 11) is 0. The van der Waals surface area contributed by atoms with Crippen molar-refractivity contribution in [2.24, 2.45) is 5.92 Å². The Morgan fingerprint density at radius 3 is 2.56 bits per heavy atom. The van der Waals surface area contributed by atoms with Gasteiger partial charge >= 0.3 is 6.18 Å². The van der Waals surface area contributed by atoms with Crippen molar-refractivity contribution in [1.29, 1.82) is 0 Å². The van der Waals surface area contributed by atoms with E-state index in [0.29, 0.717) is 11.4 Å². The van der Waals surface area contributed by atoms with Gasteiger partial charge in [0.25, 0.3) is 5.91 Å². The number of aromatic nitrogens is 2. The molecule has 0 N–H and O–H groups in total. The Balaban J connectivity index is 1.84. The van der Waals surface area contributed by atoms with Crippen LogP contribution in [0.2, 0.25) is 0 Å². The Morgan fingerprint density at radius 1 is 1.24 bits per heavy atom. The minimum Gasteiger partial charge on any atom is -0.312 e. The fourth-order valence-electron chi connectivity index (χ4n) is 3.00. The van der Waals surface area contributed by atoms with Crippen LogP contribution in [0, 0.1) is 19.8 Å². The normalized spacial score (nSPS) is 18.0. The second-order valence-corrected chi connectivity index (χ2v) is 6.13. The quantitative estimate of drug-likeness (QED) is 0.835. The molecule has 5 nitrogen and oxygen atoms in total. The molecule has 1 aliphatic rings. The highest BCUT2D eigenvalue weighted by atomic mass is 19.4. The average molecular weight is 351 g/mol. The van der Waals surface area contributed by atoms with Crippen LogP contribution in [0.15, 0.2) is 30.3 Å². The van der Waals surface area contributed by atoms with E-state index in [1.54, 1.807) is 19.9 Å². The van der Waals surface area contributed by atoms with Crippen molar-refractivity contribution in [3.8, 4) is 0 Å². The van der Waals surface area contributed by atoms with Crippen LogP contribution < -0.4 is 4.90 Å². The van der Waals surface area contributed by atoms with Gasteiger partial charge in [0.1, 0.15) is 0 Å². The number of rotatable bonds is 2. The van der Waals surface area contributed by atoms with Crippen molar-refractivity contribution >= 4 is 17.5 Å². The van der Waals surface area contributed by atoms with Crippen LogP contribution >= 0.6 is 0 Å². The Morgan fingerprint density at radius 2 is 1.96 bits per heavy atom. The number of aryl methyl sites for hydroxylation is 2. The zero-order chi connectivity index (χ0) is 18.4. The highest BCUT2D eigenvalue weighted by molar-refractivity contribution is 6.00. The first-order valence-corrected chi connectivity index (χ1v) is 7.72. The van der Waals surface area contributed by atoms with Gasteiger partial charge in [-0.15, -0.1) is 0 Å². The third kappa shape index (κ3) is 3.29. The Kier molecular flexibility index (Phi) is 4.14. The first kappa shape index (κ1) is 17.2. The third-order valence-corrected chi connectivity index (χ3v) is 4.18. The van der Waals surface area contributed by atoms with Gasteiger partial charge in [-0.05, 0) is 38.1 Å². The molecule has 1 fully saturated rings. The number of hydrogen-bond acceptors (Lipinski definition) is 3. The fraction of sp³-hybridized carbons (Fsp3) is 0.353. The van der Waals surface area contributed by atoms with E-state index in [1.807, 2.05) is 0 Å². The van der Waals surface area contributed by atoms with E-state index in [2.05, 4.69) is 5.10 Å².